The number of ether oxygens (including phenoxy) is 1. The van der Waals surface area contributed by atoms with Crippen molar-refractivity contribution in [3.63, 3.8) is 0 Å². The lowest BCUT2D eigenvalue weighted by Crippen LogP contribution is -2.56. The van der Waals surface area contributed by atoms with Crippen molar-refractivity contribution < 1.29 is 31.9 Å². The number of benzene rings is 1. The van der Waals surface area contributed by atoms with Crippen LogP contribution in [-0.4, -0.2) is 51.7 Å². The summed E-state index contributed by atoms with van der Waals surface area (Å²) >= 11 is 0. The first kappa shape index (κ1) is 33.9. The van der Waals surface area contributed by atoms with Gasteiger partial charge in [0, 0.05) is 60.8 Å². The molecule has 8 nitrogen and oxygen atoms in total. The minimum absolute atomic E-state index is 0.0433. The number of aryl methyl sites for hydroxylation is 1. The Morgan fingerprint density at radius 1 is 1.07 bits per heavy atom. The lowest BCUT2D eigenvalue weighted by molar-refractivity contribution is -0.138. The zero-order chi connectivity index (χ0) is 32.6. The second-order valence-corrected chi connectivity index (χ2v) is 12.3. The first-order valence-corrected chi connectivity index (χ1v) is 14.4. The molecule has 1 aliphatic heterocycles. The highest BCUT2D eigenvalue weighted by Crippen LogP contribution is 2.35. The quantitative estimate of drug-likeness (QED) is 0.400. The van der Waals surface area contributed by atoms with Gasteiger partial charge in [-0.3, -0.25) is 9.59 Å². The van der Waals surface area contributed by atoms with E-state index in [1.807, 2.05) is 46.4 Å². The van der Waals surface area contributed by atoms with E-state index in [9.17, 15) is 31.9 Å². The fraction of sp³-hybridized carbons (Fsp3) is 0.581. The van der Waals surface area contributed by atoms with Crippen molar-refractivity contribution in [2.24, 2.45) is 7.05 Å². The topological polar surface area (TPSA) is 83.9 Å². The van der Waals surface area contributed by atoms with E-state index in [-0.39, 0.29) is 29.4 Å². The van der Waals surface area contributed by atoms with Crippen LogP contribution in [0.2, 0.25) is 0 Å². The van der Waals surface area contributed by atoms with E-state index in [1.54, 1.807) is 11.8 Å². The molecule has 0 spiro atoms. The number of anilines is 1. The largest absolute Gasteiger partial charge is 0.444 e. The molecule has 12 heteroatoms. The van der Waals surface area contributed by atoms with Gasteiger partial charge in [0.1, 0.15) is 11.4 Å². The van der Waals surface area contributed by atoms with E-state index in [0.717, 1.165) is 16.7 Å². The molecule has 1 aromatic heterocycles. The van der Waals surface area contributed by atoms with Crippen molar-refractivity contribution in [3.05, 3.63) is 62.3 Å². The van der Waals surface area contributed by atoms with Gasteiger partial charge in [-0.25, -0.2) is 9.18 Å². The average molecular weight is 611 g/mol. The first-order valence-electron chi connectivity index (χ1n) is 14.4. The number of hydrogen-bond donors (Lipinski definition) is 1. The van der Waals surface area contributed by atoms with E-state index >= 15 is 0 Å². The van der Waals surface area contributed by atoms with Crippen molar-refractivity contribution in [3.8, 4) is 0 Å². The zero-order valence-corrected chi connectivity index (χ0v) is 26.3. The predicted octanol–water partition coefficient (Wildman–Crippen LogP) is 6.09. The Labute approximate surface area is 250 Å². The van der Waals surface area contributed by atoms with Crippen molar-refractivity contribution in [2.45, 2.75) is 105 Å². The highest BCUT2D eigenvalue weighted by molar-refractivity contribution is 5.97. The number of hydrogen-bond acceptors (Lipinski definition) is 5. The summed E-state index contributed by atoms with van der Waals surface area (Å²) in [6.45, 7) is 14.0. The number of pyridine rings is 1. The van der Waals surface area contributed by atoms with Gasteiger partial charge in [-0.05, 0) is 92.0 Å². The lowest BCUT2D eigenvalue weighted by atomic mass is 9.90. The predicted molar refractivity (Wildman–Crippen MR) is 157 cm³/mol. The van der Waals surface area contributed by atoms with Gasteiger partial charge in [0.05, 0.1) is 5.56 Å². The summed E-state index contributed by atoms with van der Waals surface area (Å²) in [6, 6.07) is 2.81. The molecule has 2 heterocycles. The van der Waals surface area contributed by atoms with Crippen LogP contribution in [0.25, 0.3) is 0 Å². The van der Waals surface area contributed by atoms with Crippen molar-refractivity contribution in [1.29, 1.82) is 0 Å². The van der Waals surface area contributed by atoms with Crippen LogP contribution in [0.4, 0.5) is 28.0 Å². The van der Waals surface area contributed by atoms with Crippen molar-refractivity contribution >= 4 is 17.7 Å². The standard InChI is InChI=1S/C31H42F4N4O4/c1-10-38(22-11-18(3)39(19(4)12-22)29(42)43-30(6,7)8)26-15-21(32)14-23(20(26)5)27(40)36-16-24-25(31(33,34)35)13-17(2)37(9)28(24)41/h13-15,18-19,22H,10-12,16H2,1-9H3,(H,36,40)/t18-,19-/m1/s1. The van der Waals surface area contributed by atoms with E-state index in [1.165, 1.54) is 20.0 Å². The molecule has 1 N–H and O–H groups in total. The molecule has 238 valence electrons. The number of piperidine rings is 1. The van der Waals surface area contributed by atoms with Crippen molar-refractivity contribution in [2.75, 3.05) is 11.4 Å². The van der Waals surface area contributed by atoms with Crippen LogP contribution in [0, 0.1) is 19.7 Å². The van der Waals surface area contributed by atoms with Crippen molar-refractivity contribution in [1.82, 2.24) is 14.8 Å². The van der Waals surface area contributed by atoms with Gasteiger partial charge in [0.2, 0.25) is 0 Å². The summed E-state index contributed by atoms with van der Waals surface area (Å²) < 4.78 is 62.8. The van der Waals surface area contributed by atoms with Gasteiger partial charge in [-0.2, -0.15) is 13.2 Å². The minimum atomic E-state index is -4.80. The smallest absolute Gasteiger partial charge is 0.417 e. The van der Waals surface area contributed by atoms with Gasteiger partial charge in [0.25, 0.3) is 11.5 Å². The molecular weight excluding hydrogens is 568 g/mol. The Hall–Kier alpha value is -3.57. The molecule has 0 unspecified atom stereocenters. The van der Waals surface area contributed by atoms with Crippen LogP contribution < -0.4 is 15.8 Å². The van der Waals surface area contributed by atoms with Gasteiger partial charge >= 0.3 is 12.3 Å². The molecule has 0 bridgehead atoms. The maximum absolute atomic E-state index is 15.0. The van der Waals surface area contributed by atoms with Crippen LogP contribution in [-0.2, 0) is 24.5 Å². The SMILES string of the molecule is CCN(c1cc(F)cc(C(=O)NCc2c(C(F)(F)F)cc(C)n(C)c2=O)c1C)C1C[C@@H](C)N(C(=O)OC(C)(C)C)[C@H](C)C1. The number of alkyl halides is 3. The third-order valence-electron chi connectivity index (χ3n) is 7.96. The van der Waals surface area contributed by atoms with E-state index in [4.69, 9.17) is 4.74 Å². The molecule has 2 amide bonds. The van der Waals surface area contributed by atoms with Gasteiger partial charge in [0.15, 0.2) is 0 Å². The molecular formula is C31H42F4N4O4. The minimum Gasteiger partial charge on any atom is -0.444 e. The molecule has 2 aromatic rings. The van der Waals surface area contributed by atoms with Gasteiger partial charge in [-0.15, -0.1) is 0 Å². The second-order valence-electron chi connectivity index (χ2n) is 12.3. The van der Waals surface area contributed by atoms with Crippen LogP contribution in [0.5, 0.6) is 0 Å². The lowest BCUT2D eigenvalue weighted by Gasteiger charge is -2.47. The maximum Gasteiger partial charge on any atom is 0.417 e. The van der Waals surface area contributed by atoms with Gasteiger partial charge < -0.3 is 24.4 Å². The van der Waals surface area contributed by atoms with Crippen LogP contribution in [0.1, 0.15) is 87.1 Å². The number of carbonyl (C=O) groups is 2. The third kappa shape index (κ3) is 7.51. The number of amides is 2. The Bertz CT molecular complexity index is 1420. The molecule has 0 radical (unpaired) electrons. The highest BCUT2D eigenvalue weighted by atomic mass is 19.4. The molecule has 1 saturated heterocycles. The Kier molecular flexibility index (Phi) is 9.92. The number of halogens is 4. The third-order valence-corrected chi connectivity index (χ3v) is 7.96. The summed E-state index contributed by atoms with van der Waals surface area (Å²) in [5.74, 6) is -1.48. The Morgan fingerprint density at radius 3 is 2.16 bits per heavy atom. The highest BCUT2D eigenvalue weighted by Gasteiger charge is 2.39. The average Bonchev–Trinajstić information content (AvgIpc) is 2.86. The van der Waals surface area contributed by atoms with E-state index in [2.05, 4.69) is 5.32 Å². The molecule has 1 aromatic carbocycles. The number of aromatic nitrogens is 1. The van der Waals surface area contributed by atoms with Crippen LogP contribution in [0.15, 0.2) is 23.0 Å². The van der Waals surface area contributed by atoms with Gasteiger partial charge in [-0.1, -0.05) is 0 Å². The van der Waals surface area contributed by atoms with E-state index in [0.29, 0.717) is 30.6 Å². The van der Waals surface area contributed by atoms with Crippen LogP contribution >= 0.6 is 0 Å². The number of rotatable bonds is 6. The first-order chi connectivity index (χ1) is 19.8. The molecule has 43 heavy (non-hydrogen) atoms. The summed E-state index contributed by atoms with van der Waals surface area (Å²) in [6.07, 6.45) is -4.04. The van der Waals surface area contributed by atoms with E-state index < -0.39 is 52.8 Å². The molecule has 1 fully saturated rings. The number of carbonyl (C=O) groups excluding carboxylic acids is 2. The summed E-state index contributed by atoms with van der Waals surface area (Å²) in [5.41, 5.74) is -2.23. The normalized spacial score (nSPS) is 19.3. The fourth-order valence-electron chi connectivity index (χ4n) is 5.86. The zero-order valence-electron chi connectivity index (χ0n) is 26.3. The fourth-order valence-corrected chi connectivity index (χ4v) is 5.86. The second kappa shape index (κ2) is 12.6. The summed E-state index contributed by atoms with van der Waals surface area (Å²) in [5, 5.41) is 2.40. The monoisotopic (exact) mass is 610 g/mol. The number of nitrogens with zero attached hydrogens (tertiary/aromatic N) is 3. The Balaban J connectivity index is 1.89. The number of nitrogens with one attached hydrogen (secondary N) is 1. The molecule has 3 rings (SSSR count). The summed E-state index contributed by atoms with van der Waals surface area (Å²) in [4.78, 5) is 42.5. The van der Waals surface area contributed by atoms with Crippen LogP contribution in [0.3, 0.4) is 0 Å². The Morgan fingerprint density at radius 2 is 1.65 bits per heavy atom. The molecule has 0 saturated carbocycles. The maximum atomic E-state index is 15.0. The molecule has 0 aliphatic carbocycles. The molecule has 1 aliphatic rings. The number of likely N-dealkylation sites (tertiary alicyclic amines) is 1. The summed E-state index contributed by atoms with van der Waals surface area (Å²) in [7, 11) is 1.35. The molecule has 2 atom stereocenters.